The Balaban J connectivity index is 3.16. The quantitative estimate of drug-likeness (QED) is 0.448. The zero-order chi connectivity index (χ0) is 16.0. The summed E-state index contributed by atoms with van der Waals surface area (Å²) in [5.74, 6) is -0.948. The van der Waals surface area contributed by atoms with Gasteiger partial charge in [0.2, 0.25) is 0 Å². The molecule has 0 aromatic heterocycles. The van der Waals surface area contributed by atoms with E-state index < -0.39 is 16.1 Å². The molecule has 1 unspecified atom stereocenters. The molecular weight excluding hydrogens is 294 g/mol. The third-order valence-corrected chi connectivity index (χ3v) is 4.29. The highest BCUT2D eigenvalue weighted by molar-refractivity contribution is 8.00. The minimum absolute atomic E-state index is 0.146. The normalized spacial score (nSPS) is 12.2. The summed E-state index contributed by atoms with van der Waals surface area (Å²) in [4.78, 5) is 22.3. The average molecular weight is 313 g/mol. The standard InChI is InChI=1S/C14H19NO5S/c1-4-8-20-10-6-5-7-11(12(10)15(18)19)21-13(9(2)3)14(16)17/h5-7,9,13H,4,8H2,1-3H3,(H,16,17). The lowest BCUT2D eigenvalue weighted by molar-refractivity contribution is -0.388. The van der Waals surface area contributed by atoms with E-state index >= 15 is 0 Å². The Kier molecular flexibility index (Phi) is 6.48. The van der Waals surface area contributed by atoms with E-state index in [1.165, 1.54) is 6.07 Å². The number of para-hydroxylation sites is 1. The van der Waals surface area contributed by atoms with E-state index in [1.807, 2.05) is 6.92 Å². The number of carbonyl (C=O) groups is 1. The molecule has 6 nitrogen and oxygen atoms in total. The summed E-state index contributed by atoms with van der Waals surface area (Å²) in [5, 5.41) is 19.8. The molecule has 0 aliphatic carbocycles. The van der Waals surface area contributed by atoms with Crippen molar-refractivity contribution in [2.75, 3.05) is 6.61 Å². The van der Waals surface area contributed by atoms with E-state index in [0.29, 0.717) is 11.5 Å². The number of ether oxygens (including phenoxy) is 1. The SMILES string of the molecule is CCCOc1cccc(SC(C(=O)O)C(C)C)c1[N+](=O)[O-]. The van der Waals surface area contributed by atoms with Gasteiger partial charge in [-0.2, -0.15) is 0 Å². The van der Waals surface area contributed by atoms with Crippen molar-refractivity contribution in [2.24, 2.45) is 5.92 Å². The fourth-order valence-corrected chi connectivity index (χ4v) is 2.80. The highest BCUT2D eigenvalue weighted by atomic mass is 32.2. The number of carboxylic acids is 1. The first-order valence-electron chi connectivity index (χ1n) is 6.68. The van der Waals surface area contributed by atoms with Crippen molar-refractivity contribution in [3.8, 4) is 5.75 Å². The minimum atomic E-state index is -0.982. The molecule has 0 radical (unpaired) electrons. The Hall–Kier alpha value is -1.76. The maximum Gasteiger partial charge on any atom is 0.324 e. The van der Waals surface area contributed by atoms with Crippen LogP contribution in [0.5, 0.6) is 5.75 Å². The highest BCUT2D eigenvalue weighted by Crippen LogP contribution is 2.40. The number of nitro groups is 1. The van der Waals surface area contributed by atoms with Gasteiger partial charge in [-0.05, 0) is 24.5 Å². The van der Waals surface area contributed by atoms with Crippen molar-refractivity contribution in [1.82, 2.24) is 0 Å². The first-order valence-corrected chi connectivity index (χ1v) is 7.56. The molecule has 0 fully saturated rings. The summed E-state index contributed by atoms with van der Waals surface area (Å²) in [6, 6.07) is 4.72. The molecule has 116 valence electrons. The molecule has 21 heavy (non-hydrogen) atoms. The monoisotopic (exact) mass is 313 g/mol. The van der Waals surface area contributed by atoms with E-state index in [4.69, 9.17) is 4.74 Å². The number of carboxylic acid groups (broad SMARTS) is 1. The molecule has 7 heteroatoms. The Bertz CT molecular complexity index is 518. The molecule has 0 saturated carbocycles. The number of rotatable bonds is 8. The third-order valence-electron chi connectivity index (χ3n) is 2.71. The second kappa shape index (κ2) is 7.87. The Labute approximate surface area is 127 Å². The average Bonchev–Trinajstić information content (AvgIpc) is 2.41. The Morgan fingerprint density at radius 1 is 1.48 bits per heavy atom. The van der Waals surface area contributed by atoms with Gasteiger partial charge in [0.05, 0.1) is 16.4 Å². The highest BCUT2D eigenvalue weighted by Gasteiger charge is 2.28. The van der Waals surface area contributed by atoms with Crippen LogP contribution in [0, 0.1) is 16.0 Å². The van der Waals surface area contributed by atoms with Crippen molar-refractivity contribution in [2.45, 2.75) is 37.3 Å². The molecule has 1 aromatic rings. The lowest BCUT2D eigenvalue weighted by Gasteiger charge is -2.16. The van der Waals surface area contributed by atoms with Gasteiger partial charge in [0.15, 0.2) is 5.75 Å². The lowest BCUT2D eigenvalue weighted by Crippen LogP contribution is -2.22. The molecular formula is C14H19NO5S. The fraction of sp³-hybridized carbons (Fsp3) is 0.500. The van der Waals surface area contributed by atoms with Gasteiger partial charge in [-0.15, -0.1) is 11.8 Å². The van der Waals surface area contributed by atoms with Crippen LogP contribution in [0.2, 0.25) is 0 Å². The molecule has 0 amide bonds. The van der Waals surface area contributed by atoms with Crippen LogP contribution >= 0.6 is 11.8 Å². The van der Waals surface area contributed by atoms with E-state index in [0.717, 1.165) is 18.2 Å². The van der Waals surface area contributed by atoms with Gasteiger partial charge in [-0.3, -0.25) is 14.9 Å². The number of aliphatic carboxylic acids is 1. The molecule has 1 rings (SSSR count). The third kappa shape index (κ3) is 4.63. The van der Waals surface area contributed by atoms with Gasteiger partial charge < -0.3 is 9.84 Å². The summed E-state index contributed by atoms with van der Waals surface area (Å²) >= 11 is 0.986. The first kappa shape index (κ1) is 17.3. The number of nitro benzene ring substituents is 1. The van der Waals surface area contributed by atoms with Crippen LogP contribution in [-0.4, -0.2) is 27.9 Å². The predicted octanol–water partition coefficient (Wildman–Crippen LogP) is 3.58. The van der Waals surface area contributed by atoms with Gasteiger partial charge in [0.1, 0.15) is 5.25 Å². The zero-order valence-corrected chi connectivity index (χ0v) is 13.1. The van der Waals surface area contributed by atoms with Crippen molar-refractivity contribution >= 4 is 23.4 Å². The van der Waals surface area contributed by atoms with E-state index in [9.17, 15) is 20.0 Å². The molecule has 0 bridgehead atoms. The van der Waals surface area contributed by atoms with E-state index in [1.54, 1.807) is 26.0 Å². The lowest BCUT2D eigenvalue weighted by atomic mass is 10.1. The van der Waals surface area contributed by atoms with Crippen molar-refractivity contribution in [3.05, 3.63) is 28.3 Å². The summed E-state index contributed by atoms with van der Waals surface area (Å²) in [6.07, 6.45) is 0.734. The van der Waals surface area contributed by atoms with Crippen LogP contribution in [0.4, 0.5) is 5.69 Å². The second-order valence-corrected chi connectivity index (χ2v) is 6.01. The number of benzene rings is 1. The summed E-state index contributed by atoms with van der Waals surface area (Å²) in [7, 11) is 0. The smallest absolute Gasteiger partial charge is 0.324 e. The molecule has 0 aliphatic heterocycles. The van der Waals surface area contributed by atoms with Crippen LogP contribution in [0.25, 0.3) is 0 Å². The summed E-state index contributed by atoms with van der Waals surface area (Å²) in [6.45, 7) is 5.83. The molecule has 0 aliphatic rings. The maximum atomic E-state index is 11.3. The van der Waals surface area contributed by atoms with Crippen LogP contribution in [0.1, 0.15) is 27.2 Å². The van der Waals surface area contributed by atoms with Gasteiger partial charge >= 0.3 is 11.7 Å². The molecule has 0 heterocycles. The topological polar surface area (TPSA) is 89.7 Å². The van der Waals surface area contributed by atoms with Crippen molar-refractivity contribution in [1.29, 1.82) is 0 Å². The van der Waals surface area contributed by atoms with Crippen LogP contribution in [-0.2, 0) is 4.79 Å². The molecule has 0 spiro atoms. The van der Waals surface area contributed by atoms with Crippen molar-refractivity contribution in [3.63, 3.8) is 0 Å². The van der Waals surface area contributed by atoms with Gasteiger partial charge in [-0.1, -0.05) is 26.8 Å². The van der Waals surface area contributed by atoms with Crippen LogP contribution < -0.4 is 4.74 Å². The van der Waals surface area contributed by atoms with Crippen molar-refractivity contribution < 1.29 is 19.6 Å². The summed E-state index contributed by atoms with van der Waals surface area (Å²) in [5.41, 5.74) is -0.164. The van der Waals surface area contributed by atoms with E-state index in [2.05, 4.69) is 0 Å². The van der Waals surface area contributed by atoms with Gasteiger partial charge in [0.25, 0.3) is 0 Å². The van der Waals surface area contributed by atoms with Gasteiger partial charge in [-0.25, -0.2) is 0 Å². The van der Waals surface area contributed by atoms with E-state index in [-0.39, 0.29) is 17.4 Å². The Morgan fingerprint density at radius 2 is 2.14 bits per heavy atom. The zero-order valence-electron chi connectivity index (χ0n) is 12.2. The number of hydrogen-bond acceptors (Lipinski definition) is 5. The number of thioether (sulfide) groups is 1. The minimum Gasteiger partial charge on any atom is -0.487 e. The van der Waals surface area contributed by atoms with Gasteiger partial charge in [0, 0.05) is 0 Å². The Morgan fingerprint density at radius 3 is 2.62 bits per heavy atom. The van der Waals surface area contributed by atoms with Crippen LogP contribution in [0.15, 0.2) is 23.1 Å². The fourth-order valence-electron chi connectivity index (χ4n) is 1.71. The summed E-state index contributed by atoms with van der Waals surface area (Å²) < 4.78 is 5.39. The second-order valence-electron chi connectivity index (χ2n) is 4.83. The number of hydrogen-bond donors (Lipinski definition) is 1. The molecule has 1 aromatic carbocycles. The van der Waals surface area contributed by atoms with Crippen LogP contribution in [0.3, 0.4) is 0 Å². The largest absolute Gasteiger partial charge is 0.487 e. The maximum absolute atomic E-state index is 11.3. The first-order chi connectivity index (χ1) is 9.88. The molecule has 0 saturated heterocycles. The predicted molar refractivity (Wildman–Crippen MR) is 81.0 cm³/mol. The molecule has 1 N–H and O–H groups in total. The molecule has 1 atom stereocenters. The number of nitrogens with zero attached hydrogens (tertiary/aromatic N) is 1.